The molecule has 2 aromatic heterocycles. The molecule has 0 aliphatic carbocycles. The zero-order valence-electron chi connectivity index (χ0n) is 11.0. The quantitative estimate of drug-likeness (QED) is 0.879. The van der Waals surface area contributed by atoms with Crippen LogP contribution >= 0.6 is 11.5 Å². The van der Waals surface area contributed by atoms with Gasteiger partial charge in [-0.2, -0.15) is 0 Å². The highest BCUT2D eigenvalue weighted by Crippen LogP contribution is 2.28. The number of hydrogen-bond acceptors (Lipinski definition) is 6. The Hall–Kier alpha value is -1.53. The molecule has 1 N–H and O–H groups in total. The number of pyridine rings is 1. The summed E-state index contributed by atoms with van der Waals surface area (Å²) in [6.45, 7) is 4.56. The zero-order valence-corrected chi connectivity index (χ0v) is 11.9. The largest absolute Gasteiger partial charge is 0.492 e. The van der Waals surface area contributed by atoms with Crippen LogP contribution in [-0.2, 0) is 6.42 Å². The predicted molar refractivity (Wildman–Crippen MR) is 73.4 cm³/mol. The van der Waals surface area contributed by atoms with Gasteiger partial charge in [-0.25, -0.2) is 0 Å². The molecule has 1 atom stereocenters. The molecule has 5 nitrogen and oxygen atoms in total. The first-order valence-electron chi connectivity index (χ1n) is 6.33. The van der Waals surface area contributed by atoms with E-state index in [1.54, 1.807) is 18.5 Å². The van der Waals surface area contributed by atoms with Crippen molar-refractivity contribution in [3.05, 3.63) is 34.6 Å². The summed E-state index contributed by atoms with van der Waals surface area (Å²) in [6.07, 6.45) is 4.33. The second kappa shape index (κ2) is 6.58. The number of aliphatic hydroxyl groups excluding tert-OH is 1. The Morgan fingerprint density at radius 1 is 1.37 bits per heavy atom. The van der Waals surface area contributed by atoms with Crippen LogP contribution in [0, 0.1) is 0 Å². The number of hydrogen-bond donors (Lipinski definition) is 1. The van der Waals surface area contributed by atoms with E-state index in [9.17, 15) is 5.11 Å². The van der Waals surface area contributed by atoms with E-state index < -0.39 is 6.10 Å². The van der Waals surface area contributed by atoms with E-state index in [1.165, 1.54) is 11.5 Å². The molecule has 0 saturated carbocycles. The van der Waals surface area contributed by atoms with Gasteiger partial charge < -0.3 is 9.84 Å². The first kappa shape index (κ1) is 13.9. The second-order valence-corrected chi connectivity index (χ2v) is 4.91. The van der Waals surface area contributed by atoms with Crippen molar-refractivity contribution >= 4 is 11.5 Å². The van der Waals surface area contributed by atoms with Gasteiger partial charge in [0.1, 0.15) is 11.9 Å². The molecule has 1 unspecified atom stereocenters. The van der Waals surface area contributed by atoms with E-state index in [1.807, 2.05) is 6.92 Å². The van der Waals surface area contributed by atoms with Gasteiger partial charge in [-0.05, 0) is 30.9 Å². The van der Waals surface area contributed by atoms with Crippen LogP contribution in [0.2, 0.25) is 0 Å². The first-order chi connectivity index (χ1) is 9.26. The lowest BCUT2D eigenvalue weighted by Gasteiger charge is -2.11. The minimum Gasteiger partial charge on any atom is -0.492 e. The Balaban J connectivity index is 2.25. The molecular weight excluding hydrogens is 262 g/mol. The Bertz CT molecular complexity index is 530. The van der Waals surface area contributed by atoms with Crippen LogP contribution in [0.3, 0.4) is 0 Å². The molecule has 0 amide bonds. The highest BCUT2D eigenvalue weighted by atomic mass is 32.1. The molecule has 0 radical (unpaired) electrons. The van der Waals surface area contributed by atoms with Crippen LogP contribution in [0.4, 0.5) is 0 Å². The molecule has 2 rings (SSSR count). The number of nitrogens with zero attached hydrogens (tertiary/aromatic N) is 3. The van der Waals surface area contributed by atoms with E-state index in [0.29, 0.717) is 17.9 Å². The summed E-state index contributed by atoms with van der Waals surface area (Å²) in [4.78, 5) is 4.88. The zero-order chi connectivity index (χ0) is 13.7. The summed E-state index contributed by atoms with van der Waals surface area (Å²) in [6, 6.07) is 1.80. The minimum absolute atomic E-state index is 0.574. The van der Waals surface area contributed by atoms with Gasteiger partial charge in [-0.1, -0.05) is 17.8 Å². The smallest absolute Gasteiger partial charge is 0.137 e. The van der Waals surface area contributed by atoms with Gasteiger partial charge in [0, 0.05) is 11.8 Å². The molecule has 2 heterocycles. The van der Waals surface area contributed by atoms with Gasteiger partial charge in [-0.3, -0.25) is 4.98 Å². The lowest BCUT2D eigenvalue weighted by molar-refractivity contribution is 0.221. The lowest BCUT2D eigenvalue weighted by Crippen LogP contribution is -2.03. The topological polar surface area (TPSA) is 68.1 Å². The van der Waals surface area contributed by atoms with Crippen molar-refractivity contribution in [3.63, 3.8) is 0 Å². The van der Waals surface area contributed by atoms with Crippen LogP contribution in [0.1, 0.15) is 42.5 Å². The van der Waals surface area contributed by atoms with Crippen molar-refractivity contribution < 1.29 is 9.84 Å². The van der Waals surface area contributed by atoms with E-state index in [4.69, 9.17) is 4.74 Å². The standard InChI is InChI=1S/C13H17N3O2S/c1-3-5-11-13(19-16-15-11)12(17)9-6-10(18-4-2)8-14-7-9/h6-8,12,17H,3-5H2,1-2H3. The summed E-state index contributed by atoms with van der Waals surface area (Å²) in [5.74, 6) is 0.661. The number of ether oxygens (including phenoxy) is 1. The fraction of sp³-hybridized carbons (Fsp3) is 0.462. The number of aliphatic hydroxyl groups is 1. The summed E-state index contributed by atoms with van der Waals surface area (Å²) in [7, 11) is 0. The molecule has 0 saturated heterocycles. The summed E-state index contributed by atoms with van der Waals surface area (Å²) >= 11 is 1.23. The summed E-state index contributed by atoms with van der Waals surface area (Å²) in [5, 5.41) is 14.5. The van der Waals surface area contributed by atoms with E-state index >= 15 is 0 Å². The average molecular weight is 279 g/mol. The first-order valence-corrected chi connectivity index (χ1v) is 7.10. The van der Waals surface area contributed by atoms with Crippen molar-refractivity contribution in [2.24, 2.45) is 0 Å². The van der Waals surface area contributed by atoms with Crippen LogP contribution in [0.15, 0.2) is 18.5 Å². The lowest BCUT2D eigenvalue weighted by atomic mass is 10.1. The maximum atomic E-state index is 10.4. The van der Waals surface area contributed by atoms with E-state index in [-0.39, 0.29) is 0 Å². The SMILES string of the molecule is CCCc1nnsc1C(O)c1cncc(OCC)c1. The second-order valence-electron chi connectivity index (χ2n) is 4.12. The fourth-order valence-electron chi connectivity index (χ4n) is 1.82. The molecule has 0 aliphatic rings. The van der Waals surface area contributed by atoms with E-state index in [0.717, 1.165) is 23.4 Å². The number of rotatable bonds is 6. The molecule has 6 heteroatoms. The van der Waals surface area contributed by atoms with Crippen molar-refractivity contribution in [3.8, 4) is 5.75 Å². The van der Waals surface area contributed by atoms with Crippen LogP contribution < -0.4 is 4.74 Å². The third kappa shape index (κ3) is 3.27. The van der Waals surface area contributed by atoms with Crippen LogP contribution in [-0.4, -0.2) is 26.3 Å². The molecule has 2 aromatic rings. The number of aryl methyl sites for hydroxylation is 1. The van der Waals surface area contributed by atoms with Crippen molar-refractivity contribution in [1.29, 1.82) is 0 Å². The van der Waals surface area contributed by atoms with Crippen molar-refractivity contribution in [2.75, 3.05) is 6.61 Å². The Morgan fingerprint density at radius 3 is 2.95 bits per heavy atom. The third-order valence-corrected chi connectivity index (χ3v) is 3.50. The van der Waals surface area contributed by atoms with Gasteiger partial charge in [0.2, 0.25) is 0 Å². The van der Waals surface area contributed by atoms with Gasteiger partial charge in [0.15, 0.2) is 0 Å². The minimum atomic E-state index is -0.741. The Kier molecular flexibility index (Phi) is 4.81. The number of aromatic nitrogens is 3. The predicted octanol–water partition coefficient (Wildman–Crippen LogP) is 2.37. The third-order valence-electron chi connectivity index (χ3n) is 2.68. The molecule has 102 valence electrons. The monoisotopic (exact) mass is 279 g/mol. The highest BCUT2D eigenvalue weighted by Gasteiger charge is 2.19. The maximum Gasteiger partial charge on any atom is 0.137 e. The van der Waals surface area contributed by atoms with Crippen LogP contribution in [0.5, 0.6) is 5.75 Å². The normalized spacial score (nSPS) is 12.4. The average Bonchev–Trinajstić information content (AvgIpc) is 2.87. The summed E-state index contributed by atoms with van der Waals surface area (Å²) in [5.41, 5.74) is 1.57. The van der Waals surface area contributed by atoms with Gasteiger partial charge in [-0.15, -0.1) is 5.10 Å². The molecule has 0 bridgehead atoms. The summed E-state index contributed by atoms with van der Waals surface area (Å²) < 4.78 is 9.32. The molecular formula is C13H17N3O2S. The molecule has 0 spiro atoms. The molecule has 0 fully saturated rings. The Morgan fingerprint density at radius 2 is 2.21 bits per heavy atom. The molecule has 0 aromatic carbocycles. The maximum absolute atomic E-state index is 10.4. The molecule has 19 heavy (non-hydrogen) atoms. The van der Waals surface area contributed by atoms with Crippen LogP contribution in [0.25, 0.3) is 0 Å². The fourth-order valence-corrected chi connectivity index (χ4v) is 2.53. The molecule has 0 aliphatic heterocycles. The Labute approximate surface area is 116 Å². The van der Waals surface area contributed by atoms with Crippen molar-refractivity contribution in [1.82, 2.24) is 14.6 Å². The van der Waals surface area contributed by atoms with Gasteiger partial charge >= 0.3 is 0 Å². The van der Waals surface area contributed by atoms with E-state index in [2.05, 4.69) is 21.5 Å². The van der Waals surface area contributed by atoms with Gasteiger partial charge in [0.25, 0.3) is 0 Å². The van der Waals surface area contributed by atoms with Gasteiger partial charge in [0.05, 0.1) is 23.4 Å². The van der Waals surface area contributed by atoms with Crippen molar-refractivity contribution in [2.45, 2.75) is 32.8 Å². The highest BCUT2D eigenvalue weighted by molar-refractivity contribution is 7.05.